The topological polar surface area (TPSA) is 88.5 Å². The molecule has 4 rings (SSSR count). The second-order valence-corrected chi connectivity index (χ2v) is 7.79. The lowest BCUT2D eigenvalue weighted by Gasteiger charge is -2.24. The highest BCUT2D eigenvalue weighted by Gasteiger charge is 2.36. The lowest BCUT2D eigenvalue weighted by atomic mass is 10.1. The first-order valence-electron chi connectivity index (χ1n) is 10.1. The summed E-state index contributed by atoms with van der Waals surface area (Å²) in [4.78, 5) is 26.6. The van der Waals surface area contributed by atoms with Gasteiger partial charge in [-0.3, -0.25) is 14.5 Å². The normalized spacial score (nSPS) is 17.2. The van der Waals surface area contributed by atoms with Crippen LogP contribution in [0.15, 0.2) is 62.7 Å². The first kappa shape index (κ1) is 20.9. The molecule has 1 aromatic carbocycles. The maximum Gasteiger partial charge on any atom is 0.309 e. The van der Waals surface area contributed by atoms with Crippen LogP contribution in [0.4, 0.5) is 0 Å². The molecule has 8 nitrogen and oxygen atoms in total. The molecule has 0 radical (unpaired) electrons. The van der Waals surface area contributed by atoms with Crippen molar-refractivity contribution in [3.63, 3.8) is 0 Å². The molecule has 0 bridgehead atoms. The predicted molar refractivity (Wildman–Crippen MR) is 114 cm³/mol. The molecule has 0 spiro atoms. The highest BCUT2D eigenvalue weighted by Crippen LogP contribution is 2.34. The van der Waals surface area contributed by atoms with E-state index < -0.39 is 0 Å². The van der Waals surface area contributed by atoms with Gasteiger partial charge >= 0.3 is 5.97 Å². The van der Waals surface area contributed by atoms with Gasteiger partial charge in [-0.25, -0.2) is 5.01 Å². The number of rotatable bonds is 7. The number of hydrazone groups is 1. The Morgan fingerprint density at radius 2 is 2.10 bits per heavy atom. The van der Waals surface area contributed by atoms with Gasteiger partial charge < -0.3 is 13.6 Å². The molecule has 2 unspecified atom stereocenters. The first-order chi connectivity index (χ1) is 15.0. The van der Waals surface area contributed by atoms with Crippen molar-refractivity contribution in [1.29, 1.82) is 0 Å². The van der Waals surface area contributed by atoms with E-state index in [-0.39, 0.29) is 30.4 Å². The van der Waals surface area contributed by atoms with E-state index in [4.69, 9.17) is 13.6 Å². The standard InChI is InChI=1S/C23H25N3O5/c1-15(23(28)29-3)13-25(2)14-22(27)26-18(20-9-6-10-30-20)12-17(24-26)21-11-16-7-4-5-8-19(16)31-21/h4-11,15,18H,12-14H2,1-3H3. The number of likely N-dealkylation sites (N-methyl/N-ethyl adjacent to an activating group) is 1. The number of hydrogen-bond acceptors (Lipinski definition) is 7. The number of ether oxygens (including phenoxy) is 1. The number of hydrogen-bond donors (Lipinski definition) is 0. The third-order valence-corrected chi connectivity index (χ3v) is 5.34. The summed E-state index contributed by atoms with van der Waals surface area (Å²) in [5.41, 5.74) is 1.47. The SMILES string of the molecule is COC(=O)C(C)CN(C)CC(=O)N1N=C(c2cc3ccccc3o2)CC1c1ccco1. The van der Waals surface area contributed by atoms with Crippen molar-refractivity contribution < 1.29 is 23.2 Å². The third-order valence-electron chi connectivity index (χ3n) is 5.34. The highest BCUT2D eigenvalue weighted by atomic mass is 16.5. The van der Waals surface area contributed by atoms with E-state index in [1.165, 1.54) is 12.1 Å². The Labute approximate surface area is 180 Å². The molecule has 2 atom stereocenters. The molecule has 31 heavy (non-hydrogen) atoms. The zero-order valence-corrected chi connectivity index (χ0v) is 17.8. The number of amides is 1. The van der Waals surface area contributed by atoms with Crippen LogP contribution < -0.4 is 0 Å². The molecule has 1 amide bonds. The van der Waals surface area contributed by atoms with Gasteiger partial charge in [-0.05, 0) is 31.3 Å². The van der Waals surface area contributed by atoms with Crippen LogP contribution in [-0.2, 0) is 14.3 Å². The van der Waals surface area contributed by atoms with Crippen LogP contribution >= 0.6 is 0 Å². The average molecular weight is 423 g/mol. The maximum absolute atomic E-state index is 13.1. The number of esters is 1. The van der Waals surface area contributed by atoms with Gasteiger partial charge in [-0.15, -0.1) is 0 Å². The summed E-state index contributed by atoms with van der Waals surface area (Å²) in [6.45, 7) is 2.28. The van der Waals surface area contributed by atoms with Crippen LogP contribution in [0.5, 0.6) is 0 Å². The molecular weight excluding hydrogens is 398 g/mol. The Hall–Kier alpha value is -3.39. The van der Waals surface area contributed by atoms with Crippen molar-refractivity contribution in [3.05, 3.63) is 60.2 Å². The van der Waals surface area contributed by atoms with E-state index >= 15 is 0 Å². The van der Waals surface area contributed by atoms with Crippen LogP contribution in [-0.4, -0.2) is 54.7 Å². The van der Waals surface area contributed by atoms with Crippen molar-refractivity contribution in [2.24, 2.45) is 11.0 Å². The lowest BCUT2D eigenvalue weighted by molar-refractivity contribution is -0.146. The number of methoxy groups -OCH3 is 1. The number of carbonyl (C=O) groups excluding carboxylic acids is 2. The van der Waals surface area contributed by atoms with E-state index in [2.05, 4.69) is 5.10 Å². The fourth-order valence-electron chi connectivity index (χ4n) is 3.83. The number of para-hydroxylation sites is 1. The van der Waals surface area contributed by atoms with Gasteiger partial charge in [0, 0.05) is 18.4 Å². The van der Waals surface area contributed by atoms with Crippen molar-refractivity contribution in [3.8, 4) is 0 Å². The van der Waals surface area contributed by atoms with Gasteiger partial charge in [-0.2, -0.15) is 5.10 Å². The van der Waals surface area contributed by atoms with Gasteiger partial charge in [0.05, 0.1) is 25.8 Å². The van der Waals surface area contributed by atoms with Gasteiger partial charge in [-0.1, -0.05) is 25.1 Å². The Morgan fingerprint density at radius 1 is 1.29 bits per heavy atom. The Morgan fingerprint density at radius 3 is 2.81 bits per heavy atom. The summed E-state index contributed by atoms with van der Waals surface area (Å²) in [5, 5.41) is 7.04. The number of furan rings is 2. The molecule has 0 saturated carbocycles. The molecule has 1 aliphatic heterocycles. The van der Waals surface area contributed by atoms with Crippen molar-refractivity contribution in [2.75, 3.05) is 27.2 Å². The quantitative estimate of drug-likeness (QED) is 0.541. The van der Waals surface area contributed by atoms with Crippen LogP contribution in [0.25, 0.3) is 11.0 Å². The molecule has 3 aromatic rings. The Kier molecular flexibility index (Phi) is 5.90. The molecule has 0 fully saturated rings. The van der Waals surface area contributed by atoms with Gasteiger partial charge in [0.2, 0.25) is 0 Å². The molecule has 162 valence electrons. The summed E-state index contributed by atoms with van der Waals surface area (Å²) in [5.74, 6) is 0.470. The Bertz CT molecular complexity index is 1070. The van der Waals surface area contributed by atoms with Gasteiger partial charge in [0.15, 0.2) is 5.76 Å². The molecule has 1 aliphatic rings. The fourth-order valence-corrected chi connectivity index (χ4v) is 3.83. The minimum Gasteiger partial charge on any atom is -0.469 e. The van der Waals surface area contributed by atoms with Crippen molar-refractivity contribution in [1.82, 2.24) is 9.91 Å². The summed E-state index contributed by atoms with van der Waals surface area (Å²) >= 11 is 0. The number of nitrogens with zero attached hydrogens (tertiary/aromatic N) is 3. The van der Waals surface area contributed by atoms with E-state index in [0.29, 0.717) is 30.2 Å². The minimum absolute atomic E-state index is 0.107. The molecular formula is C23H25N3O5. The second kappa shape index (κ2) is 8.77. The summed E-state index contributed by atoms with van der Waals surface area (Å²) in [7, 11) is 3.15. The largest absolute Gasteiger partial charge is 0.469 e. The van der Waals surface area contributed by atoms with E-state index in [0.717, 1.165) is 11.0 Å². The zero-order chi connectivity index (χ0) is 22.0. The smallest absolute Gasteiger partial charge is 0.309 e. The monoisotopic (exact) mass is 423 g/mol. The summed E-state index contributed by atoms with van der Waals surface area (Å²) in [6, 6.07) is 13.0. The maximum atomic E-state index is 13.1. The number of fused-ring (bicyclic) bond motifs is 1. The van der Waals surface area contributed by atoms with Gasteiger partial charge in [0.1, 0.15) is 23.1 Å². The molecule has 8 heteroatoms. The molecule has 3 heterocycles. The number of carbonyl (C=O) groups is 2. The molecule has 0 saturated heterocycles. The summed E-state index contributed by atoms with van der Waals surface area (Å²) < 4.78 is 16.3. The van der Waals surface area contributed by atoms with Crippen molar-refractivity contribution in [2.45, 2.75) is 19.4 Å². The van der Waals surface area contributed by atoms with E-state index in [9.17, 15) is 9.59 Å². The van der Waals surface area contributed by atoms with Crippen LogP contribution in [0.1, 0.15) is 30.9 Å². The van der Waals surface area contributed by atoms with Gasteiger partial charge in [0.25, 0.3) is 5.91 Å². The number of benzene rings is 1. The lowest BCUT2D eigenvalue weighted by Crippen LogP contribution is -2.39. The van der Waals surface area contributed by atoms with Crippen molar-refractivity contribution >= 4 is 28.6 Å². The fraction of sp³-hybridized carbons (Fsp3) is 0.348. The van der Waals surface area contributed by atoms with Crippen LogP contribution in [0, 0.1) is 5.92 Å². The second-order valence-electron chi connectivity index (χ2n) is 7.79. The minimum atomic E-state index is -0.350. The average Bonchev–Trinajstić information content (AvgIpc) is 3.51. The zero-order valence-electron chi connectivity index (χ0n) is 17.8. The van der Waals surface area contributed by atoms with Crippen LogP contribution in [0.3, 0.4) is 0 Å². The molecule has 2 aromatic heterocycles. The van der Waals surface area contributed by atoms with E-state index in [1.54, 1.807) is 31.2 Å². The van der Waals surface area contributed by atoms with Crippen LogP contribution in [0.2, 0.25) is 0 Å². The first-order valence-corrected chi connectivity index (χ1v) is 10.1. The Balaban J connectivity index is 1.55. The molecule has 0 aliphatic carbocycles. The highest BCUT2D eigenvalue weighted by molar-refractivity contribution is 6.03. The molecule has 0 N–H and O–H groups in total. The predicted octanol–water partition coefficient (Wildman–Crippen LogP) is 3.44. The summed E-state index contributed by atoms with van der Waals surface area (Å²) in [6.07, 6.45) is 2.07. The van der Waals surface area contributed by atoms with E-state index in [1.807, 2.05) is 36.4 Å². The third kappa shape index (κ3) is 4.39.